The third-order valence-corrected chi connectivity index (χ3v) is 5.15. The van der Waals surface area contributed by atoms with Crippen molar-refractivity contribution < 1.29 is 43.3 Å². The zero-order chi connectivity index (χ0) is 25.8. The van der Waals surface area contributed by atoms with Gasteiger partial charge < -0.3 is 24.2 Å². The van der Waals surface area contributed by atoms with Crippen molar-refractivity contribution in [3.8, 4) is 0 Å². The van der Waals surface area contributed by atoms with Crippen LogP contribution in [0.25, 0.3) is 6.08 Å². The summed E-state index contributed by atoms with van der Waals surface area (Å²) in [5, 5.41) is 9.85. The van der Waals surface area contributed by atoms with Gasteiger partial charge in [-0.25, -0.2) is 14.4 Å². The van der Waals surface area contributed by atoms with Crippen molar-refractivity contribution in [1.82, 2.24) is 4.90 Å². The number of ether oxygens (including phenoxy) is 3. The topological polar surface area (TPSA) is 137 Å². The van der Waals surface area contributed by atoms with Crippen LogP contribution < -0.4 is 0 Å². The lowest BCUT2D eigenvalue weighted by Gasteiger charge is -2.32. The average Bonchev–Trinajstić information content (AvgIpc) is 2.81. The van der Waals surface area contributed by atoms with E-state index in [9.17, 15) is 29.1 Å². The number of hydrogen-bond acceptors (Lipinski definition) is 8. The maximum Gasteiger partial charge on any atom is 0.337 e. The molecule has 0 radical (unpaired) electrons. The summed E-state index contributed by atoms with van der Waals surface area (Å²) in [5.74, 6) is -4.63. The van der Waals surface area contributed by atoms with Crippen LogP contribution in [0.4, 0.5) is 0 Å². The molecule has 1 amide bonds. The second kappa shape index (κ2) is 13.8. The van der Waals surface area contributed by atoms with Gasteiger partial charge in [-0.15, -0.1) is 0 Å². The Kier molecular flexibility index (Phi) is 11.5. The van der Waals surface area contributed by atoms with Gasteiger partial charge in [0.2, 0.25) is 5.91 Å². The minimum atomic E-state index is -1.29. The molecule has 10 heteroatoms. The molecule has 1 rings (SSSR count). The molecule has 1 N–H and O–H groups in total. The number of methoxy groups -OCH3 is 2. The lowest BCUT2D eigenvalue weighted by Crippen LogP contribution is -2.50. The van der Waals surface area contributed by atoms with Gasteiger partial charge in [0, 0.05) is 0 Å². The van der Waals surface area contributed by atoms with Crippen LogP contribution in [0.2, 0.25) is 0 Å². The maximum absolute atomic E-state index is 13.0. The van der Waals surface area contributed by atoms with E-state index in [1.807, 2.05) is 0 Å². The molecule has 2 atom stereocenters. The highest BCUT2D eigenvalue weighted by Crippen LogP contribution is 2.20. The van der Waals surface area contributed by atoms with Gasteiger partial charge in [0.25, 0.3) is 0 Å². The number of carboxylic acid groups (broad SMARTS) is 1. The molecule has 0 saturated carbocycles. The Labute approximate surface area is 198 Å². The fraction of sp³-hybridized carbons (Fsp3) is 0.458. The number of rotatable bonds is 12. The standard InChI is InChI=1S/C24H31NO9/c1-6-15(3)21(22(28)29)25(19(26)13-20(27)34-7-2)14-18(24(31)33-5)12-16-8-10-17(11-9-16)23(30)32-4/h8-12,15,21H,6-7,13-14H2,1-5H3,(H,28,29). The second-order valence-corrected chi connectivity index (χ2v) is 7.45. The Morgan fingerprint density at radius 1 is 1.03 bits per heavy atom. The third kappa shape index (κ3) is 8.02. The molecule has 0 bridgehead atoms. The second-order valence-electron chi connectivity index (χ2n) is 7.45. The Morgan fingerprint density at radius 3 is 2.12 bits per heavy atom. The number of benzene rings is 1. The lowest BCUT2D eigenvalue weighted by molar-refractivity contribution is -0.156. The van der Waals surface area contributed by atoms with E-state index < -0.39 is 54.7 Å². The zero-order valence-electron chi connectivity index (χ0n) is 20.0. The molecule has 0 aliphatic heterocycles. The fourth-order valence-corrected chi connectivity index (χ4v) is 3.20. The molecule has 10 nitrogen and oxygen atoms in total. The first kappa shape index (κ1) is 28.3. The van der Waals surface area contributed by atoms with Gasteiger partial charge in [-0.3, -0.25) is 9.59 Å². The third-order valence-electron chi connectivity index (χ3n) is 5.15. The molecular weight excluding hydrogens is 446 g/mol. The van der Waals surface area contributed by atoms with E-state index in [1.54, 1.807) is 32.9 Å². The molecule has 0 saturated heterocycles. The molecule has 1 aromatic rings. The van der Waals surface area contributed by atoms with Crippen molar-refractivity contribution >= 4 is 35.9 Å². The number of amides is 1. The van der Waals surface area contributed by atoms with E-state index in [4.69, 9.17) is 9.47 Å². The van der Waals surface area contributed by atoms with E-state index in [-0.39, 0.29) is 12.2 Å². The molecule has 0 aromatic heterocycles. The average molecular weight is 478 g/mol. The molecule has 0 heterocycles. The minimum absolute atomic E-state index is 0.0138. The number of carboxylic acids is 1. The lowest BCUT2D eigenvalue weighted by atomic mass is 9.96. The van der Waals surface area contributed by atoms with Crippen LogP contribution in [0.5, 0.6) is 0 Å². The number of carbonyl (C=O) groups is 5. The molecular formula is C24H31NO9. The van der Waals surface area contributed by atoms with E-state index in [2.05, 4.69) is 4.74 Å². The van der Waals surface area contributed by atoms with Gasteiger partial charge in [0.15, 0.2) is 0 Å². The van der Waals surface area contributed by atoms with E-state index in [0.717, 1.165) is 12.0 Å². The van der Waals surface area contributed by atoms with Crippen LogP contribution in [0.3, 0.4) is 0 Å². The number of esters is 3. The highest BCUT2D eigenvalue weighted by molar-refractivity contribution is 5.99. The van der Waals surface area contributed by atoms with Crippen LogP contribution in [-0.4, -0.2) is 73.2 Å². The van der Waals surface area contributed by atoms with E-state index in [1.165, 1.54) is 25.3 Å². The predicted octanol–water partition coefficient (Wildman–Crippen LogP) is 2.31. The molecule has 186 valence electrons. The SMILES string of the molecule is CCOC(=O)CC(=O)N(CC(=Cc1ccc(C(=O)OC)cc1)C(=O)OC)C(C(=O)O)C(C)CC. The molecule has 0 spiro atoms. The minimum Gasteiger partial charge on any atom is -0.480 e. The summed E-state index contributed by atoms with van der Waals surface area (Å²) < 4.78 is 14.3. The largest absolute Gasteiger partial charge is 0.480 e. The van der Waals surface area contributed by atoms with Crippen molar-refractivity contribution in [2.24, 2.45) is 5.92 Å². The number of aliphatic carboxylic acids is 1. The smallest absolute Gasteiger partial charge is 0.337 e. The number of carbonyl (C=O) groups excluding carboxylic acids is 4. The van der Waals surface area contributed by atoms with Gasteiger partial charge in [-0.2, -0.15) is 0 Å². The van der Waals surface area contributed by atoms with Gasteiger partial charge in [0.05, 0.1) is 38.5 Å². The summed E-state index contributed by atoms with van der Waals surface area (Å²) in [6.45, 7) is 4.67. The summed E-state index contributed by atoms with van der Waals surface area (Å²) in [4.78, 5) is 62.1. The molecule has 34 heavy (non-hydrogen) atoms. The first-order chi connectivity index (χ1) is 16.1. The van der Waals surface area contributed by atoms with Crippen LogP contribution in [-0.2, 0) is 33.4 Å². The molecule has 0 aliphatic rings. The Balaban J connectivity index is 3.43. The Hall–Kier alpha value is -3.69. The van der Waals surface area contributed by atoms with Crippen molar-refractivity contribution in [1.29, 1.82) is 0 Å². The van der Waals surface area contributed by atoms with Crippen LogP contribution >= 0.6 is 0 Å². The molecule has 1 aromatic carbocycles. The summed E-state index contributed by atoms with van der Waals surface area (Å²) >= 11 is 0. The molecule has 0 aliphatic carbocycles. The van der Waals surface area contributed by atoms with E-state index in [0.29, 0.717) is 17.5 Å². The molecule has 2 unspecified atom stereocenters. The van der Waals surface area contributed by atoms with Crippen LogP contribution in [0, 0.1) is 5.92 Å². The highest BCUT2D eigenvalue weighted by atomic mass is 16.5. The zero-order valence-corrected chi connectivity index (χ0v) is 20.0. The van der Waals surface area contributed by atoms with Crippen molar-refractivity contribution in [2.45, 2.75) is 39.7 Å². The van der Waals surface area contributed by atoms with E-state index >= 15 is 0 Å². The van der Waals surface area contributed by atoms with Crippen LogP contribution in [0.1, 0.15) is 49.5 Å². The first-order valence-corrected chi connectivity index (χ1v) is 10.7. The van der Waals surface area contributed by atoms with Gasteiger partial charge in [-0.1, -0.05) is 32.4 Å². The maximum atomic E-state index is 13.0. The molecule has 0 fully saturated rings. The summed E-state index contributed by atoms with van der Waals surface area (Å²) in [5.41, 5.74) is 0.787. The predicted molar refractivity (Wildman–Crippen MR) is 122 cm³/mol. The van der Waals surface area contributed by atoms with Crippen molar-refractivity contribution in [3.05, 3.63) is 41.0 Å². The monoisotopic (exact) mass is 477 g/mol. The summed E-state index contributed by atoms with van der Waals surface area (Å²) in [7, 11) is 2.41. The highest BCUT2D eigenvalue weighted by Gasteiger charge is 2.36. The van der Waals surface area contributed by atoms with Gasteiger partial charge >= 0.3 is 23.9 Å². The fourth-order valence-electron chi connectivity index (χ4n) is 3.20. The number of hydrogen-bond donors (Lipinski definition) is 1. The van der Waals surface area contributed by atoms with Crippen LogP contribution in [0.15, 0.2) is 29.8 Å². The van der Waals surface area contributed by atoms with Crippen molar-refractivity contribution in [2.75, 3.05) is 27.4 Å². The van der Waals surface area contributed by atoms with Gasteiger partial charge in [0.1, 0.15) is 12.5 Å². The Morgan fingerprint density at radius 2 is 1.65 bits per heavy atom. The summed E-state index contributed by atoms with van der Waals surface area (Å²) in [6, 6.07) is 4.82. The quantitative estimate of drug-likeness (QED) is 0.208. The number of nitrogens with zero attached hydrogens (tertiary/aromatic N) is 1. The van der Waals surface area contributed by atoms with Gasteiger partial charge in [-0.05, 0) is 36.6 Å². The first-order valence-electron chi connectivity index (χ1n) is 10.7. The Bertz CT molecular complexity index is 921. The van der Waals surface area contributed by atoms with Crippen molar-refractivity contribution in [3.63, 3.8) is 0 Å². The summed E-state index contributed by atoms with van der Waals surface area (Å²) in [6.07, 6.45) is 1.19. The normalized spacial score (nSPS) is 12.8.